The first-order valence-electron chi connectivity index (χ1n) is 9.09. The summed E-state index contributed by atoms with van der Waals surface area (Å²) in [6.07, 6.45) is 2.80. The van der Waals surface area contributed by atoms with Gasteiger partial charge in [-0.1, -0.05) is 18.2 Å². The van der Waals surface area contributed by atoms with Crippen LogP contribution in [-0.4, -0.2) is 65.0 Å². The summed E-state index contributed by atoms with van der Waals surface area (Å²) in [6.45, 7) is 2.20. The van der Waals surface area contributed by atoms with Crippen LogP contribution in [0, 0.1) is 5.41 Å². The molecule has 30 heavy (non-hydrogen) atoms. The molecular weight excluding hydrogens is 428 g/mol. The van der Waals surface area contributed by atoms with Crippen LogP contribution in [0.2, 0.25) is 0 Å². The molecule has 1 N–H and O–H groups in total. The van der Waals surface area contributed by atoms with E-state index in [0.717, 1.165) is 11.8 Å². The fraction of sp³-hybridized carbons (Fsp3) is 0.278. The molecular formula is C18H16N6O4S2. The van der Waals surface area contributed by atoms with Crippen molar-refractivity contribution in [2.24, 2.45) is 5.41 Å². The summed E-state index contributed by atoms with van der Waals surface area (Å²) in [6, 6.07) is 8.42. The molecule has 5 rings (SSSR count). The van der Waals surface area contributed by atoms with Crippen LogP contribution in [0.25, 0.3) is 6.08 Å². The lowest BCUT2D eigenvalue weighted by Crippen LogP contribution is -2.73. The van der Waals surface area contributed by atoms with Gasteiger partial charge >= 0.3 is 0 Å². The number of carbonyl (C=O) groups excluding carboxylic acids is 2. The number of sulfonamides is 1. The summed E-state index contributed by atoms with van der Waals surface area (Å²) in [5.74, 6) is 0.279. The number of carbonyl (C=O) groups is 2. The van der Waals surface area contributed by atoms with Gasteiger partial charge in [0.25, 0.3) is 11.1 Å². The number of hydrogen-bond donors (Lipinski definition) is 1. The summed E-state index contributed by atoms with van der Waals surface area (Å²) in [4.78, 5) is 38.0. The van der Waals surface area contributed by atoms with Crippen LogP contribution in [-0.2, 0) is 14.8 Å². The van der Waals surface area contributed by atoms with Crippen molar-refractivity contribution in [3.63, 3.8) is 0 Å². The van der Waals surface area contributed by atoms with Crippen LogP contribution in [0.5, 0.6) is 0 Å². The molecule has 12 heteroatoms. The zero-order valence-electron chi connectivity index (χ0n) is 15.6. The Bertz CT molecular complexity index is 1170. The lowest BCUT2D eigenvalue weighted by atomic mass is 9.74. The average molecular weight is 444 g/mol. The highest BCUT2D eigenvalue weighted by atomic mass is 32.2. The normalized spacial score (nSPS) is 22.1. The smallest absolute Gasteiger partial charge is 0.290 e. The van der Waals surface area contributed by atoms with E-state index in [1.54, 1.807) is 30.3 Å². The Balaban J connectivity index is 1.24. The van der Waals surface area contributed by atoms with E-state index >= 15 is 0 Å². The van der Waals surface area contributed by atoms with Crippen molar-refractivity contribution in [3.05, 3.63) is 47.4 Å². The highest BCUT2D eigenvalue weighted by Gasteiger charge is 2.55. The Morgan fingerprint density at radius 3 is 2.47 bits per heavy atom. The maximum atomic E-state index is 12.7. The van der Waals surface area contributed by atoms with E-state index in [2.05, 4.69) is 20.3 Å². The monoisotopic (exact) mass is 444 g/mol. The minimum atomic E-state index is -3.46. The van der Waals surface area contributed by atoms with Crippen LogP contribution in [0.3, 0.4) is 0 Å². The van der Waals surface area contributed by atoms with Crippen molar-refractivity contribution in [2.75, 3.05) is 31.1 Å². The third-order valence-corrected chi connectivity index (χ3v) is 7.84. The Morgan fingerprint density at radius 2 is 1.80 bits per heavy atom. The molecule has 4 heterocycles. The van der Waals surface area contributed by atoms with Gasteiger partial charge in [0, 0.05) is 37.7 Å². The second-order valence-electron chi connectivity index (χ2n) is 7.44. The Morgan fingerprint density at radius 1 is 1.07 bits per heavy atom. The van der Waals surface area contributed by atoms with Gasteiger partial charge in [-0.15, -0.1) is 0 Å². The topological polar surface area (TPSA) is 125 Å². The number of benzene rings is 1. The minimum absolute atomic E-state index is 0.0965. The van der Waals surface area contributed by atoms with Gasteiger partial charge in [-0.3, -0.25) is 14.9 Å². The van der Waals surface area contributed by atoms with E-state index in [1.807, 2.05) is 4.90 Å². The number of imide groups is 1. The van der Waals surface area contributed by atoms with Crippen LogP contribution in [0.15, 0.2) is 46.5 Å². The summed E-state index contributed by atoms with van der Waals surface area (Å²) < 4.78 is 26.8. The molecule has 3 fully saturated rings. The number of nitrogens with one attached hydrogen (secondary N) is 1. The number of anilines is 1. The predicted octanol–water partition coefficient (Wildman–Crippen LogP) is 0.706. The molecule has 3 aliphatic rings. The highest BCUT2D eigenvalue weighted by molar-refractivity contribution is 8.18. The average Bonchev–Trinajstić information content (AvgIpc) is 2.97. The molecule has 0 radical (unpaired) electrons. The van der Waals surface area contributed by atoms with Crippen LogP contribution < -0.4 is 10.2 Å². The minimum Gasteiger partial charge on any atom is -0.339 e. The van der Waals surface area contributed by atoms with Crippen molar-refractivity contribution >= 4 is 45.0 Å². The van der Waals surface area contributed by atoms with Crippen molar-refractivity contribution < 1.29 is 18.0 Å². The number of rotatable bonds is 4. The molecule has 1 aromatic heterocycles. The number of hydrogen-bond acceptors (Lipinski definition) is 9. The molecule has 0 saturated carbocycles. The lowest BCUT2D eigenvalue weighted by molar-refractivity contribution is -0.115. The molecule has 3 aliphatic heterocycles. The maximum absolute atomic E-state index is 12.7. The van der Waals surface area contributed by atoms with Gasteiger partial charge in [-0.2, -0.15) is 9.29 Å². The van der Waals surface area contributed by atoms with Crippen molar-refractivity contribution in [1.82, 2.24) is 24.6 Å². The zero-order valence-corrected chi connectivity index (χ0v) is 17.2. The van der Waals surface area contributed by atoms with E-state index < -0.39 is 21.2 Å². The third kappa shape index (κ3) is 3.26. The van der Waals surface area contributed by atoms with Gasteiger partial charge in [0.15, 0.2) is 5.82 Å². The summed E-state index contributed by atoms with van der Waals surface area (Å²) in [5, 5.41) is 1.76. The van der Waals surface area contributed by atoms with E-state index in [-0.39, 0.29) is 16.1 Å². The van der Waals surface area contributed by atoms with E-state index in [4.69, 9.17) is 0 Å². The molecule has 1 aromatic carbocycles. The largest absolute Gasteiger partial charge is 0.339 e. The van der Waals surface area contributed by atoms with E-state index in [0.29, 0.717) is 37.0 Å². The molecule has 0 unspecified atom stereocenters. The fourth-order valence-electron chi connectivity index (χ4n) is 3.78. The Hall–Kier alpha value is -2.83. The molecule has 1 spiro atoms. The summed E-state index contributed by atoms with van der Waals surface area (Å²) in [7, 11) is -3.46. The van der Waals surface area contributed by atoms with Gasteiger partial charge in [0.1, 0.15) is 6.33 Å². The Labute approximate surface area is 176 Å². The number of thioether (sulfide) groups is 1. The van der Waals surface area contributed by atoms with Gasteiger partial charge < -0.3 is 4.90 Å². The first kappa shape index (κ1) is 19.2. The third-order valence-electron chi connectivity index (χ3n) is 5.22. The molecule has 0 atom stereocenters. The van der Waals surface area contributed by atoms with Crippen molar-refractivity contribution in [1.29, 1.82) is 0 Å². The molecule has 154 valence electrons. The van der Waals surface area contributed by atoms with Crippen molar-refractivity contribution in [3.8, 4) is 0 Å². The first-order valence-corrected chi connectivity index (χ1v) is 11.3. The van der Waals surface area contributed by atoms with Gasteiger partial charge in [-0.05, 0) is 23.9 Å². The molecule has 10 nitrogen and oxygen atoms in total. The lowest BCUT2D eigenvalue weighted by Gasteiger charge is -2.59. The molecule has 3 saturated heterocycles. The molecule has 2 aromatic rings. The maximum Gasteiger partial charge on any atom is 0.290 e. The predicted molar refractivity (Wildman–Crippen MR) is 109 cm³/mol. The molecule has 2 amide bonds. The van der Waals surface area contributed by atoms with Gasteiger partial charge in [0.05, 0.1) is 9.80 Å². The summed E-state index contributed by atoms with van der Waals surface area (Å²) >= 11 is 0.801. The standard InChI is InChI=1S/C18H16N6O4S2/c25-15-13(29-17(26)22-15)6-14-19-11-20-16(21-14)23-7-18(8-23)9-24(10-18)30(27,28)12-4-2-1-3-5-12/h1-6,11H,7-10H2,(H,22,25,26)/b13-6-. The zero-order chi connectivity index (χ0) is 20.9. The SMILES string of the molecule is O=C1NC(=O)/C(=C/c2ncnc(N3CC4(C3)CN(S(=O)(=O)c3ccccc3)C4)n2)S1. The summed E-state index contributed by atoms with van der Waals surface area (Å²) in [5.41, 5.74) is -0.0965. The first-order chi connectivity index (χ1) is 14.3. The Kier molecular flexibility index (Phi) is 4.38. The van der Waals surface area contributed by atoms with Crippen molar-refractivity contribution in [2.45, 2.75) is 4.90 Å². The number of amides is 2. The number of nitrogens with zero attached hydrogens (tertiary/aromatic N) is 5. The second kappa shape index (κ2) is 6.86. The molecule has 0 bridgehead atoms. The van der Waals surface area contributed by atoms with Crippen LogP contribution in [0.4, 0.5) is 10.7 Å². The quantitative estimate of drug-likeness (QED) is 0.679. The highest BCUT2D eigenvalue weighted by Crippen LogP contribution is 2.43. The fourth-order valence-corrected chi connectivity index (χ4v) is 6.12. The van der Waals surface area contributed by atoms with Crippen LogP contribution >= 0.6 is 11.8 Å². The van der Waals surface area contributed by atoms with E-state index in [1.165, 1.54) is 16.7 Å². The second-order valence-corrected chi connectivity index (χ2v) is 10.4. The van der Waals surface area contributed by atoms with Gasteiger partial charge in [0.2, 0.25) is 16.0 Å². The molecule has 0 aliphatic carbocycles. The van der Waals surface area contributed by atoms with E-state index in [9.17, 15) is 18.0 Å². The number of aromatic nitrogens is 3. The van der Waals surface area contributed by atoms with Gasteiger partial charge in [-0.25, -0.2) is 18.4 Å². The van der Waals surface area contributed by atoms with Crippen LogP contribution in [0.1, 0.15) is 5.82 Å².